The molecule has 0 saturated carbocycles. The van der Waals surface area contributed by atoms with Crippen LogP contribution in [0.5, 0.6) is 0 Å². The van der Waals surface area contributed by atoms with Crippen molar-refractivity contribution in [3.05, 3.63) is 71.3 Å². The molecule has 1 aliphatic rings. The molecule has 156 valence electrons. The van der Waals surface area contributed by atoms with Crippen LogP contribution in [0.4, 0.5) is 8.78 Å². The van der Waals surface area contributed by atoms with E-state index in [1.54, 1.807) is 7.05 Å². The van der Waals surface area contributed by atoms with Crippen LogP contribution in [0.1, 0.15) is 36.9 Å². The third kappa shape index (κ3) is 6.00. The summed E-state index contributed by atoms with van der Waals surface area (Å²) in [5.41, 5.74) is 1.85. The minimum atomic E-state index is -0.551. The fourth-order valence-corrected chi connectivity index (χ4v) is 3.80. The zero-order valence-corrected chi connectivity index (χ0v) is 17.2. The van der Waals surface area contributed by atoms with Gasteiger partial charge in [-0.2, -0.15) is 0 Å². The van der Waals surface area contributed by atoms with Crippen LogP contribution in [0.2, 0.25) is 0 Å². The molecule has 0 aliphatic carbocycles. The number of nitrogens with one attached hydrogen (secondary N) is 2. The van der Waals surface area contributed by atoms with E-state index >= 15 is 0 Å². The Morgan fingerprint density at radius 1 is 1.14 bits per heavy atom. The first kappa shape index (κ1) is 21.2. The van der Waals surface area contributed by atoms with Crippen LogP contribution in [0.15, 0.2) is 53.5 Å². The van der Waals surface area contributed by atoms with Gasteiger partial charge >= 0.3 is 0 Å². The van der Waals surface area contributed by atoms with E-state index in [-0.39, 0.29) is 0 Å². The molecule has 6 heteroatoms. The number of hydrogen-bond acceptors (Lipinski definition) is 2. The standard InChI is InChI=1S/C23H30F2N4/c1-17(18-6-4-3-5-7-18)29-14-11-21(12-15-29)28-23(26-2)27-13-10-19-8-9-20(24)16-22(19)25/h3-9,16-17,21H,10-15H2,1-2H3,(H2,26,27,28). The molecule has 2 aromatic rings. The number of aliphatic imine (C=N–C) groups is 1. The van der Waals surface area contributed by atoms with Crippen LogP contribution in [0.3, 0.4) is 0 Å². The molecule has 4 nitrogen and oxygen atoms in total. The number of guanidine groups is 1. The molecule has 0 bridgehead atoms. The van der Waals surface area contributed by atoms with Gasteiger partial charge in [0.1, 0.15) is 11.6 Å². The van der Waals surface area contributed by atoms with Crippen LogP contribution in [-0.2, 0) is 6.42 Å². The maximum Gasteiger partial charge on any atom is 0.191 e. The van der Waals surface area contributed by atoms with E-state index in [2.05, 4.69) is 57.8 Å². The number of piperidine rings is 1. The largest absolute Gasteiger partial charge is 0.356 e. The number of halogens is 2. The highest BCUT2D eigenvalue weighted by Gasteiger charge is 2.24. The molecule has 29 heavy (non-hydrogen) atoms. The second kappa shape index (κ2) is 10.3. The summed E-state index contributed by atoms with van der Waals surface area (Å²) in [6.45, 7) is 4.86. The normalized spacial score (nSPS) is 17.2. The zero-order valence-electron chi connectivity index (χ0n) is 17.2. The number of benzene rings is 2. The highest BCUT2D eigenvalue weighted by atomic mass is 19.1. The summed E-state index contributed by atoms with van der Waals surface area (Å²) in [5.74, 6) is -0.332. The Kier molecular flexibility index (Phi) is 7.58. The summed E-state index contributed by atoms with van der Waals surface area (Å²) in [4.78, 5) is 6.79. The van der Waals surface area contributed by atoms with Gasteiger partial charge in [-0.15, -0.1) is 0 Å². The molecule has 1 heterocycles. The Hall–Kier alpha value is -2.47. The van der Waals surface area contributed by atoms with Gasteiger partial charge in [-0.1, -0.05) is 36.4 Å². The van der Waals surface area contributed by atoms with Gasteiger partial charge in [0.2, 0.25) is 0 Å². The molecule has 0 aromatic heterocycles. The second-order valence-electron chi connectivity index (χ2n) is 7.53. The molecule has 0 amide bonds. The van der Waals surface area contributed by atoms with Gasteiger partial charge in [0.05, 0.1) is 0 Å². The summed E-state index contributed by atoms with van der Waals surface area (Å²) in [6.07, 6.45) is 2.56. The Bertz CT molecular complexity index is 802. The molecule has 1 aliphatic heterocycles. The molecule has 1 fully saturated rings. The molecule has 1 atom stereocenters. The summed E-state index contributed by atoms with van der Waals surface area (Å²) in [6, 6.07) is 15.1. The number of likely N-dealkylation sites (tertiary alicyclic amines) is 1. The summed E-state index contributed by atoms with van der Waals surface area (Å²) in [7, 11) is 1.74. The molecular formula is C23H30F2N4. The fraction of sp³-hybridized carbons (Fsp3) is 0.435. The molecule has 1 unspecified atom stereocenters. The molecular weight excluding hydrogens is 370 g/mol. The predicted molar refractivity (Wildman–Crippen MR) is 114 cm³/mol. The van der Waals surface area contributed by atoms with Gasteiger partial charge in [-0.3, -0.25) is 9.89 Å². The molecule has 3 rings (SSSR count). The van der Waals surface area contributed by atoms with Crippen LogP contribution >= 0.6 is 0 Å². The number of rotatable bonds is 6. The fourth-order valence-electron chi connectivity index (χ4n) is 3.80. The average Bonchev–Trinajstić information content (AvgIpc) is 2.75. The van der Waals surface area contributed by atoms with Gasteiger partial charge in [0.15, 0.2) is 5.96 Å². The summed E-state index contributed by atoms with van der Waals surface area (Å²) in [5, 5.41) is 6.71. The van der Waals surface area contributed by atoms with Crippen LogP contribution in [0, 0.1) is 11.6 Å². The lowest BCUT2D eigenvalue weighted by Crippen LogP contribution is -2.49. The predicted octanol–water partition coefficient (Wildman–Crippen LogP) is 3.90. The van der Waals surface area contributed by atoms with E-state index < -0.39 is 11.6 Å². The lowest BCUT2D eigenvalue weighted by Gasteiger charge is -2.37. The van der Waals surface area contributed by atoms with Crippen molar-refractivity contribution in [3.8, 4) is 0 Å². The Balaban J connectivity index is 1.42. The van der Waals surface area contributed by atoms with Crippen molar-refractivity contribution in [1.82, 2.24) is 15.5 Å². The van der Waals surface area contributed by atoms with Crippen LogP contribution in [-0.4, -0.2) is 43.6 Å². The van der Waals surface area contributed by atoms with Gasteiger partial charge in [0, 0.05) is 44.8 Å². The van der Waals surface area contributed by atoms with Gasteiger partial charge in [0.25, 0.3) is 0 Å². The number of nitrogens with zero attached hydrogens (tertiary/aromatic N) is 2. The van der Waals surface area contributed by atoms with Gasteiger partial charge < -0.3 is 10.6 Å². The summed E-state index contributed by atoms with van der Waals surface area (Å²) >= 11 is 0. The van der Waals surface area contributed by atoms with E-state index in [0.717, 1.165) is 38.0 Å². The minimum absolute atomic E-state index is 0.364. The van der Waals surface area contributed by atoms with Crippen LogP contribution in [0.25, 0.3) is 0 Å². The third-order valence-electron chi connectivity index (χ3n) is 5.63. The Labute approximate surface area is 172 Å². The molecule has 2 aromatic carbocycles. The van der Waals surface area contributed by atoms with Crippen molar-refractivity contribution in [1.29, 1.82) is 0 Å². The first-order chi connectivity index (χ1) is 14.1. The molecule has 2 N–H and O–H groups in total. The van der Waals surface area contributed by atoms with Crippen LogP contribution < -0.4 is 10.6 Å². The number of hydrogen-bond donors (Lipinski definition) is 2. The van der Waals surface area contributed by atoms with Gasteiger partial charge in [-0.25, -0.2) is 8.78 Å². The van der Waals surface area contributed by atoms with Gasteiger partial charge in [-0.05, 0) is 43.4 Å². The molecule has 0 spiro atoms. The zero-order chi connectivity index (χ0) is 20.6. The SMILES string of the molecule is CN=C(NCCc1ccc(F)cc1F)NC1CCN(C(C)c2ccccc2)CC1. The first-order valence-corrected chi connectivity index (χ1v) is 10.3. The van der Waals surface area contributed by atoms with E-state index in [4.69, 9.17) is 0 Å². The minimum Gasteiger partial charge on any atom is -0.356 e. The second-order valence-corrected chi connectivity index (χ2v) is 7.53. The lowest BCUT2D eigenvalue weighted by atomic mass is 10.0. The summed E-state index contributed by atoms with van der Waals surface area (Å²) < 4.78 is 26.7. The van der Waals surface area contributed by atoms with E-state index in [9.17, 15) is 8.78 Å². The smallest absolute Gasteiger partial charge is 0.191 e. The van der Waals surface area contributed by atoms with E-state index in [1.807, 2.05) is 0 Å². The maximum atomic E-state index is 13.7. The lowest BCUT2D eigenvalue weighted by molar-refractivity contribution is 0.158. The van der Waals surface area contributed by atoms with E-state index in [0.29, 0.717) is 30.6 Å². The highest BCUT2D eigenvalue weighted by Crippen LogP contribution is 2.23. The molecule has 1 saturated heterocycles. The Morgan fingerprint density at radius 3 is 2.52 bits per heavy atom. The van der Waals surface area contributed by atoms with Crippen molar-refractivity contribution in [3.63, 3.8) is 0 Å². The third-order valence-corrected chi connectivity index (χ3v) is 5.63. The van der Waals surface area contributed by atoms with Crippen molar-refractivity contribution in [2.24, 2.45) is 4.99 Å². The van der Waals surface area contributed by atoms with E-state index in [1.165, 1.54) is 17.7 Å². The average molecular weight is 401 g/mol. The van der Waals surface area contributed by atoms with Crippen molar-refractivity contribution in [2.75, 3.05) is 26.7 Å². The topological polar surface area (TPSA) is 39.7 Å². The van der Waals surface area contributed by atoms with Crippen molar-refractivity contribution < 1.29 is 8.78 Å². The first-order valence-electron chi connectivity index (χ1n) is 10.3. The van der Waals surface area contributed by atoms with Crippen molar-refractivity contribution in [2.45, 2.75) is 38.3 Å². The highest BCUT2D eigenvalue weighted by molar-refractivity contribution is 5.79. The molecule has 0 radical (unpaired) electrons. The Morgan fingerprint density at radius 2 is 1.86 bits per heavy atom. The van der Waals surface area contributed by atoms with Crippen molar-refractivity contribution >= 4 is 5.96 Å². The maximum absolute atomic E-state index is 13.7. The quantitative estimate of drug-likeness (QED) is 0.571. The monoisotopic (exact) mass is 400 g/mol.